The molecule has 2 amide bonds. The van der Waals surface area contributed by atoms with Crippen molar-refractivity contribution in [3.05, 3.63) is 28.2 Å². The van der Waals surface area contributed by atoms with Crippen LogP contribution in [0.15, 0.2) is 18.2 Å². The quantitative estimate of drug-likeness (QED) is 0.913. The number of hydrogen-bond donors (Lipinski definition) is 1. The Morgan fingerprint density at radius 1 is 1.37 bits per heavy atom. The van der Waals surface area contributed by atoms with Gasteiger partial charge in [-0.1, -0.05) is 23.2 Å². The molecule has 1 aromatic carbocycles. The lowest BCUT2D eigenvalue weighted by Gasteiger charge is -2.31. The average Bonchev–Trinajstić information content (AvgIpc) is 2.37. The van der Waals surface area contributed by atoms with Crippen LogP contribution in [0.4, 0.5) is 5.69 Å². The van der Waals surface area contributed by atoms with E-state index in [-0.39, 0.29) is 11.8 Å². The van der Waals surface area contributed by atoms with Gasteiger partial charge in [0.1, 0.15) is 6.04 Å². The highest BCUT2D eigenvalue weighted by Gasteiger charge is 2.30. The summed E-state index contributed by atoms with van der Waals surface area (Å²) in [5, 5.41) is 3.57. The van der Waals surface area contributed by atoms with Crippen molar-refractivity contribution in [2.24, 2.45) is 0 Å². The maximum absolute atomic E-state index is 12.1. The predicted octanol–water partition coefficient (Wildman–Crippen LogP) is 2.94. The molecule has 0 bridgehead atoms. The molecule has 1 unspecified atom stereocenters. The van der Waals surface area contributed by atoms with Crippen LogP contribution in [0.3, 0.4) is 0 Å². The van der Waals surface area contributed by atoms with Gasteiger partial charge in [0.2, 0.25) is 11.8 Å². The molecule has 19 heavy (non-hydrogen) atoms. The predicted molar refractivity (Wildman–Crippen MR) is 75.5 cm³/mol. The van der Waals surface area contributed by atoms with Crippen molar-refractivity contribution in [3.63, 3.8) is 0 Å². The lowest BCUT2D eigenvalue weighted by atomic mass is 10.0. The summed E-state index contributed by atoms with van der Waals surface area (Å²) in [5.41, 5.74) is 0.575. The maximum atomic E-state index is 12.1. The van der Waals surface area contributed by atoms with Gasteiger partial charge in [-0.05, 0) is 31.0 Å². The highest BCUT2D eigenvalue weighted by molar-refractivity contribution is 6.42. The lowest BCUT2D eigenvalue weighted by molar-refractivity contribution is -0.140. The van der Waals surface area contributed by atoms with Crippen LogP contribution in [0, 0.1) is 0 Å². The van der Waals surface area contributed by atoms with Gasteiger partial charge >= 0.3 is 0 Å². The normalized spacial score (nSPS) is 19.4. The van der Waals surface area contributed by atoms with Crippen LogP contribution in [0.5, 0.6) is 0 Å². The third kappa shape index (κ3) is 3.19. The molecule has 1 saturated heterocycles. The minimum absolute atomic E-state index is 0.000499. The number of rotatable bonds is 2. The van der Waals surface area contributed by atoms with Gasteiger partial charge in [-0.2, -0.15) is 0 Å². The second-order valence-electron chi connectivity index (χ2n) is 4.53. The number of carbonyl (C=O) groups is 2. The third-order valence-corrected chi connectivity index (χ3v) is 3.96. The summed E-state index contributed by atoms with van der Waals surface area (Å²) in [6.07, 6.45) is 1.92. The first-order valence-corrected chi connectivity index (χ1v) is 6.76. The third-order valence-electron chi connectivity index (χ3n) is 3.22. The fourth-order valence-corrected chi connectivity index (χ4v) is 2.39. The molecule has 0 aromatic heterocycles. The number of carbonyl (C=O) groups excluding carboxylic acids is 2. The van der Waals surface area contributed by atoms with E-state index in [0.29, 0.717) is 28.6 Å². The van der Waals surface area contributed by atoms with E-state index in [2.05, 4.69) is 5.32 Å². The number of nitrogens with one attached hydrogen (secondary N) is 1. The van der Waals surface area contributed by atoms with Gasteiger partial charge in [0.15, 0.2) is 0 Å². The molecule has 1 aliphatic heterocycles. The summed E-state index contributed by atoms with van der Waals surface area (Å²) in [5.74, 6) is -0.200. The summed E-state index contributed by atoms with van der Waals surface area (Å²) in [4.78, 5) is 25.2. The highest BCUT2D eigenvalue weighted by atomic mass is 35.5. The Kier molecular flexibility index (Phi) is 4.32. The first-order valence-electron chi connectivity index (χ1n) is 6.00. The first kappa shape index (κ1) is 14.2. The smallest absolute Gasteiger partial charge is 0.247 e. The molecular formula is C13H14Cl2N2O2. The Morgan fingerprint density at radius 3 is 2.79 bits per heavy atom. The molecule has 0 radical (unpaired) electrons. The summed E-state index contributed by atoms with van der Waals surface area (Å²) in [7, 11) is 1.65. The van der Waals surface area contributed by atoms with E-state index in [1.54, 1.807) is 25.2 Å². The summed E-state index contributed by atoms with van der Waals surface area (Å²) in [6, 6.07) is 4.47. The summed E-state index contributed by atoms with van der Waals surface area (Å²) >= 11 is 11.7. The largest absolute Gasteiger partial charge is 0.334 e. The number of halogens is 2. The zero-order chi connectivity index (χ0) is 14.0. The van der Waals surface area contributed by atoms with Gasteiger partial charge in [-0.3, -0.25) is 9.59 Å². The molecule has 4 nitrogen and oxygen atoms in total. The van der Waals surface area contributed by atoms with E-state index in [4.69, 9.17) is 23.2 Å². The van der Waals surface area contributed by atoms with Crippen molar-refractivity contribution in [2.45, 2.75) is 25.3 Å². The van der Waals surface area contributed by atoms with Crippen molar-refractivity contribution in [2.75, 3.05) is 12.4 Å². The van der Waals surface area contributed by atoms with E-state index >= 15 is 0 Å². The van der Waals surface area contributed by atoms with Gasteiger partial charge < -0.3 is 10.2 Å². The molecule has 1 fully saturated rings. The summed E-state index contributed by atoms with van der Waals surface area (Å²) in [6.45, 7) is 0. The fraction of sp³-hybridized carbons (Fsp3) is 0.385. The van der Waals surface area contributed by atoms with Crippen LogP contribution in [0.2, 0.25) is 10.0 Å². The number of likely N-dealkylation sites (N-methyl/N-ethyl adjacent to an activating group) is 1. The van der Waals surface area contributed by atoms with Crippen molar-refractivity contribution < 1.29 is 9.59 Å². The van der Waals surface area contributed by atoms with E-state index < -0.39 is 6.04 Å². The van der Waals surface area contributed by atoms with E-state index in [9.17, 15) is 9.59 Å². The van der Waals surface area contributed by atoms with Gasteiger partial charge in [-0.25, -0.2) is 0 Å². The molecular weight excluding hydrogens is 287 g/mol. The molecule has 1 aliphatic rings. The van der Waals surface area contributed by atoms with Crippen molar-refractivity contribution >= 4 is 40.7 Å². The van der Waals surface area contributed by atoms with Crippen molar-refractivity contribution in [3.8, 4) is 0 Å². The minimum Gasteiger partial charge on any atom is -0.334 e. The molecule has 102 valence electrons. The molecule has 1 atom stereocenters. The number of anilines is 1. The SMILES string of the molecule is CN1C(=O)CCCC1C(=O)Nc1ccc(Cl)c(Cl)c1. The van der Waals surface area contributed by atoms with Crippen LogP contribution >= 0.6 is 23.2 Å². The molecule has 6 heteroatoms. The summed E-state index contributed by atoms with van der Waals surface area (Å²) < 4.78 is 0. The standard InChI is InChI=1S/C13H14Cl2N2O2/c1-17-11(3-2-4-12(17)18)13(19)16-8-5-6-9(14)10(15)7-8/h5-7,11H,2-4H2,1H3,(H,16,19). The zero-order valence-corrected chi connectivity index (χ0v) is 12.0. The van der Waals surface area contributed by atoms with Gasteiger partial charge in [0.05, 0.1) is 10.0 Å². The molecule has 1 aromatic rings. The lowest BCUT2D eigenvalue weighted by Crippen LogP contribution is -2.47. The van der Waals surface area contributed by atoms with Crippen LogP contribution in [-0.4, -0.2) is 29.8 Å². The highest BCUT2D eigenvalue weighted by Crippen LogP contribution is 2.25. The zero-order valence-electron chi connectivity index (χ0n) is 10.5. The number of hydrogen-bond acceptors (Lipinski definition) is 2. The number of amides is 2. The Labute approximate surface area is 121 Å². The molecule has 0 spiro atoms. The monoisotopic (exact) mass is 300 g/mol. The molecule has 0 aliphatic carbocycles. The number of likely N-dealkylation sites (tertiary alicyclic amines) is 1. The Hall–Kier alpha value is -1.26. The first-order chi connectivity index (χ1) is 8.99. The second kappa shape index (κ2) is 5.80. The van der Waals surface area contributed by atoms with E-state index in [1.807, 2.05) is 0 Å². The minimum atomic E-state index is -0.421. The van der Waals surface area contributed by atoms with Gasteiger partial charge in [0.25, 0.3) is 0 Å². The van der Waals surface area contributed by atoms with E-state index in [0.717, 1.165) is 6.42 Å². The molecule has 0 saturated carbocycles. The number of piperidine rings is 1. The maximum Gasteiger partial charge on any atom is 0.247 e. The Morgan fingerprint density at radius 2 is 2.11 bits per heavy atom. The van der Waals surface area contributed by atoms with Crippen LogP contribution < -0.4 is 5.32 Å². The van der Waals surface area contributed by atoms with E-state index in [1.165, 1.54) is 4.90 Å². The van der Waals surface area contributed by atoms with Gasteiger partial charge in [-0.15, -0.1) is 0 Å². The Balaban J connectivity index is 2.08. The number of nitrogens with zero attached hydrogens (tertiary/aromatic N) is 1. The Bertz CT molecular complexity index is 519. The van der Waals surface area contributed by atoms with Crippen LogP contribution in [0.25, 0.3) is 0 Å². The molecule has 1 N–H and O–H groups in total. The molecule has 2 rings (SSSR count). The van der Waals surface area contributed by atoms with Crippen LogP contribution in [0.1, 0.15) is 19.3 Å². The molecule has 1 heterocycles. The number of benzene rings is 1. The fourth-order valence-electron chi connectivity index (χ4n) is 2.10. The van der Waals surface area contributed by atoms with Crippen molar-refractivity contribution in [1.29, 1.82) is 0 Å². The van der Waals surface area contributed by atoms with Crippen molar-refractivity contribution in [1.82, 2.24) is 4.90 Å². The van der Waals surface area contributed by atoms with Crippen LogP contribution in [-0.2, 0) is 9.59 Å². The topological polar surface area (TPSA) is 49.4 Å². The van der Waals surface area contributed by atoms with Gasteiger partial charge in [0, 0.05) is 19.2 Å². The second-order valence-corrected chi connectivity index (χ2v) is 5.35. The average molecular weight is 301 g/mol.